The number of anilines is 3. The molecule has 0 bridgehead atoms. The number of para-hydroxylation sites is 1. The van der Waals surface area contributed by atoms with E-state index in [1.165, 1.54) is 0 Å². The highest BCUT2D eigenvalue weighted by Crippen LogP contribution is 2.32. The molecule has 0 unspecified atom stereocenters. The first-order valence-electron chi connectivity index (χ1n) is 8.94. The van der Waals surface area contributed by atoms with Crippen LogP contribution in [0.3, 0.4) is 0 Å². The summed E-state index contributed by atoms with van der Waals surface area (Å²) in [5.41, 5.74) is 3.22. The van der Waals surface area contributed by atoms with Gasteiger partial charge in [-0.3, -0.25) is 9.59 Å². The number of carbonyl (C=O) groups excluding carboxylic acids is 2. The van der Waals surface area contributed by atoms with Gasteiger partial charge in [0.05, 0.1) is 22.6 Å². The monoisotopic (exact) mass is 352 g/mol. The van der Waals surface area contributed by atoms with Crippen molar-refractivity contribution < 1.29 is 9.59 Å². The van der Waals surface area contributed by atoms with E-state index in [0.717, 1.165) is 31.0 Å². The van der Waals surface area contributed by atoms with Crippen molar-refractivity contribution in [3.8, 4) is 0 Å². The second-order valence-electron chi connectivity index (χ2n) is 6.17. The molecule has 1 aliphatic rings. The Hall–Kier alpha value is -2.86. The maximum absolute atomic E-state index is 12.4. The van der Waals surface area contributed by atoms with Crippen LogP contribution >= 0.6 is 0 Å². The Bertz CT molecular complexity index is 815. The van der Waals surface area contributed by atoms with E-state index in [1.54, 1.807) is 18.2 Å². The molecule has 0 aromatic heterocycles. The van der Waals surface area contributed by atoms with Crippen LogP contribution in [0.15, 0.2) is 42.5 Å². The lowest BCUT2D eigenvalue weighted by atomic mass is 10.1. The topological polar surface area (TPSA) is 73.5 Å². The molecule has 0 saturated carbocycles. The number of benzene rings is 2. The number of carbonyl (C=O) groups is 2. The molecule has 0 fully saturated rings. The normalized spacial score (nSPS) is 12.5. The maximum atomic E-state index is 12.4. The van der Waals surface area contributed by atoms with Crippen molar-refractivity contribution in [2.45, 2.75) is 13.8 Å². The van der Waals surface area contributed by atoms with Gasteiger partial charge in [-0.05, 0) is 43.4 Å². The Balaban J connectivity index is 1.72. The number of hydrogen-bond donors (Lipinski definition) is 3. The summed E-state index contributed by atoms with van der Waals surface area (Å²) in [6.45, 7) is 7.54. The van der Waals surface area contributed by atoms with Crippen molar-refractivity contribution in [2.24, 2.45) is 0 Å². The van der Waals surface area contributed by atoms with E-state index in [1.807, 2.05) is 24.3 Å². The molecule has 26 heavy (non-hydrogen) atoms. The highest BCUT2D eigenvalue weighted by Gasteiger charge is 2.19. The first-order valence-corrected chi connectivity index (χ1v) is 8.94. The van der Waals surface area contributed by atoms with Crippen LogP contribution in [0.4, 0.5) is 17.1 Å². The van der Waals surface area contributed by atoms with Crippen LogP contribution in [0.2, 0.25) is 0 Å². The van der Waals surface area contributed by atoms with Gasteiger partial charge in [-0.2, -0.15) is 0 Å². The molecule has 1 aliphatic heterocycles. The number of nitrogens with zero attached hydrogens (tertiary/aromatic N) is 1. The molecule has 0 saturated heterocycles. The summed E-state index contributed by atoms with van der Waals surface area (Å²) >= 11 is 0. The van der Waals surface area contributed by atoms with E-state index in [4.69, 9.17) is 0 Å². The van der Waals surface area contributed by atoms with E-state index in [2.05, 4.69) is 34.7 Å². The third-order valence-corrected chi connectivity index (χ3v) is 4.58. The number of amides is 2. The molecule has 3 rings (SSSR count). The molecule has 1 heterocycles. The lowest BCUT2D eigenvalue weighted by Gasteiger charge is -2.18. The Morgan fingerprint density at radius 2 is 1.77 bits per heavy atom. The van der Waals surface area contributed by atoms with Crippen LogP contribution in [0, 0.1) is 0 Å². The summed E-state index contributed by atoms with van der Waals surface area (Å²) in [5.74, 6) is -0.332. The van der Waals surface area contributed by atoms with Crippen molar-refractivity contribution in [1.29, 1.82) is 0 Å². The van der Waals surface area contributed by atoms with Gasteiger partial charge in [0.25, 0.3) is 11.8 Å². The van der Waals surface area contributed by atoms with Gasteiger partial charge in [0.2, 0.25) is 0 Å². The Morgan fingerprint density at radius 3 is 2.54 bits per heavy atom. The van der Waals surface area contributed by atoms with E-state index in [9.17, 15) is 9.59 Å². The van der Waals surface area contributed by atoms with Crippen LogP contribution in [0.1, 0.15) is 34.6 Å². The predicted molar refractivity (Wildman–Crippen MR) is 104 cm³/mol. The van der Waals surface area contributed by atoms with Gasteiger partial charge in [-0.15, -0.1) is 0 Å². The molecule has 0 spiro atoms. The summed E-state index contributed by atoms with van der Waals surface area (Å²) in [7, 11) is 0. The van der Waals surface area contributed by atoms with Crippen molar-refractivity contribution in [3.05, 3.63) is 53.6 Å². The highest BCUT2D eigenvalue weighted by molar-refractivity contribution is 6.12. The third-order valence-electron chi connectivity index (χ3n) is 4.58. The fraction of sp³-hybridized carbons (Fsp3) is 0.300. The van der Waals surface area contributed by atoms with Gasteiger partial charge in [0, 0.05) is 18.7 Å². The molecule has 2 aromatic carbocycles. The molecule has 6 nitrogen and oxygen atoms in total. The van der Waals surface area contributed by atoms with Gasteiger partial charge in [0.15, 0.2) is 0 Å². The summed E-state index contributed by atoms with van der Waals surface area (Å²) in [6, 6.07) is 12.6. The lowest BCUT2D eigenvalue weighted by molar-refractivity contribution is 0.0947. The Labute approximate surface area is 153 Å². The van der Waals surface area contributed by atoms with Crippen molar-refractivity contribution in [1.82, 2.24) is 10.2 Å². The molecular weight excluding hydrogens is 328 g/mol. The molecule has 0 aliphatic carbocycles. The minimum absolute atomic E-state index is 0.143. The zero-order valence-corrected chi connectivity index (χ0v) is 15.1. The quantitative estimate of drug-likeness (QED) is 0.747. The van der Waals surface area contributed by atoms with E-state index >= 15 is 0 Å². The van der Waals surface area contributed by atoms with E-state index in [0.29, 0.717) is 23.4 Å². The molecule has 6 heteroatoms. The molecule has 2 aromatic rings. The summed E-state index contributed by atoms with van der Waals surface area (Å²) in [5, 5.41) is 9.06. The first kappa shape index (κ1) is 17.9. The average molecular weight is 352 g/mol. The van der Waals surface area contributed by atoms with Crippen LogP contribution < -0.4 is 16.0 Å². The zero-order valence-electron chi connectivity index (χ0n) is 15.1. The Kier molecular flexibility index (Phi) is 5.53. The van der Waals surface area contributed by atoms with Crippen molar-refractivity contribution >= 4 is 28.9 Å². The number of nitrogens with one attached hydrogen (secondary N) is 3. The van der Waals surface area contributed by atoms with Crippen LogP contribution in [0.25, 0.3) is 0 Å². The van der Waals surface area contributed by atoms with Gasteiger partial charge in [-0.25, -0.2) is 0 Å². The number of rotatable bonds is 6. The maximum Gasteiger partial charge on any atom is 0.257 e. The van der Waals surface area contributed by atoms with Crippen LogP contribution in [-0.2, 0) is 0 Å². The van der Waals surface area contributed by atoms with Gasteiger partial charge in [-0.1, -0.05) is 26.0 Å². The minimum Gasteiger partial charge on any atom is -0.353 e. The van der Waals surface area contributed by atoms with Crippen molar-refractivity contribution in [2.75, 3.05) is 36.8 Å². The second kappa shape index (κ2) is 8.01. The standard InChI is InChI=1S/C20H24N4O2/c1-3-24(4-2)12-11-21-19(25)14-9-10-17-18(13-14)23-20(26)15-7-5-6-8-16(15)22-17/h5-10,13,22H,3-4,11-12H2,1-2H3,(H,21,25)(H,23,26). The molecule has 0 atom stereocenters. The summed E-state index contributed by atoms with van der Waals surface area (Å²) in [6.07, 6.45) is 0. The largest absolute Gasteiger partial charge is 0.353 e. The summed E-state index contributed by atoms with van der Waals surface area (Å²) in [4.78, 5) is 27.1. The van der Waals surface area contributed by atoms with E-state index < -0.39 is 0 Å². The van der Waals surface area contributed by atoms with Crippen LogP contribution in [0.5, 0.6) is 0 Å². The third kappa shape index (κ3) is 3.86. The average Bonchev–Trinajstić information content (AvgIpc) is 2.80. The molecule has 2 amide bonds. The second-order valence-corrected chi connectivity index (χ2v) is 6.17. The number of likely N-dealkylation sites (N-methyl/N-ethyl adjacent to an activating group) is 1. The lowest BCUT2D eigenvalue weighted by Crippen LogP contribution is -2.34. The number of fused-ring (bicyclic) bond motifs is 2. The SMILES string of the molecule is CCN(CC)CCNC(=O)c1ccc2c(c1)NC(=O)c1ccccc1N2. The van der Waals surface area contributed by atoms with E-state index in [-0.39, 0.29) is 11.8 Å². The zero-order chi connectivity index (χ0) is 18.5. The molecule has 0 radical (unpaired) electrons. The minimum atomic E-state index is -0.189. The first-order chi connectivity index (χ1) is 12.6. The highest BCUT2D eigenvalue weighted by atomic mass is 16.2. The molecular formula is C20H24N4O2. The smallest absolute Gasteiger partial charge is 0.257 e. The number of hydrogen-bond acceptors (Lipinski definition) is 4. The molecule has 3 N–H and O–H groups in total. The van der Waals surface area contributed by atoms with Crippen molar-refractivity contribution in [3.63, 3.8) is 0 Å². The van der Waals surface area contributed by atoms with Gasteiger partial charge < -0.3 is 20.9 Å². The predicted octanol–water partition coefficient (Wildman–Crippen LogP) is 3.07. The van der Waals surface area contributed by atoms with Crippen LogP contribution in [-0.4, -0.2) is 42.9 Å². The fourth-order valence-electron chi connectivity index (χ4n) is 2.99. The summed E-state index contributed by atoms with van der Waals surface area (Å²) < 4.78 is 0. The fourth-order valence-corrected chi connectivity index (χ4v) is 2.99. The molecule has 136 valence electrons. The van der Waals surface area contributed by atoms with Gasteiger partial charge >= 0.3 is 0 Å². The Morgan fingerprint density at radius 1 is 1.00 bits per heavy atom. The van der Waals surface area contributed by atoms with Gasteiger partial charge in [0.1, 0.15) is 0 Å².